The van der Waals surface area contributed by atoms with E-state index >= 15 is 0 Å². The number of hydrogen-bond donors (Lipinski definition) is 4. The van der Waals surface area contributed by atoms with Gasteiger partial charge in [-0.15, -0.1) is 0 Å². The molecule has 2 aromatic rings. The van der Waals surface area contributed by atoms with Gasteiger partial charge in [0.15, 0.2) is 5.96 Å². The van der Waals surface area contributed by atoms with E-state index in [1.54, 1.807) is 30.5 Å². The topological polar surface area (TPSA) is 98.6 Å². The van der Waals surface area contributed by atoms with E-state index < -0.39 is 6.10 Å². The molecule has 2 rings (SSSR count). The van der Waals surface area contributed by atoms with Gasteiger partial charge in [0.25, 0.3) is 0 Å². The Morgan fingerprint density at radius 1 is 1.21 bits per heavy atom. The molecule has 0 bridgehead atoms. The SMILES string of the molecule is CCNC(=NCC(O)c1cc(Cl)cc(Cl)c1)NCCC(=O)Nc1ccc(C)cn1. The molecular formula is C20H25Cl2N5O2. The summed E-state index contributed by atoms with van der Waals surface area (Å²) in [6.45, 7) is 5.00. The lowest BCUT2D eigenvalue weighted by Crippen LogP contribution is -2.39. The molecule has 1 atom stereocenters. The van der Waals surface area contributed by atoms with Gasteiger partial charge in [-0.3, -0.25) is 9.79 Å². The zero-order chi connectivity index (χ0) is 21.2. The first-order valence-corrected chi connectivity index (χ1v) is 10.0. The highest BCUT2D eigenvalue weighted by molar-refractivity contribution is 6.34. The third-order valence-corrected chi connectivity index (χ3v) is 4.30. The van der Waals surface area contributed by atoms with Crippen LogP contribution in [-0.4, -0.2) is 41.6 Å². The number of halogens is 2. The van der Waals surface area contributed by atoms with Crippen LogP contribution in [0.15, 0.2) is 41.5 Å². The second kappa shape index (κ2) is 11.6. The average molecular weight is 438 g/mol. The Morgan fingerprint density at radius 2 is 1.93 bits per heavy atom. The first kappa shape index (κ1) is 22.9. The van der Waals surface area contributed by atoms with Crippen molar-refractivity contribution in [3.05, 3.63) is 57.7 Å². The van der Waals surface area contributed by atoms with E-state index in [-0.39, 0.29) is 18.9 Å². The second-order valence-electron chi connectivity index (χ2n) is 6.38. The van der Waals surface area contributed by atoms with Crippen molar-refractivity contribution in [3.63, 3.8) is 0 Å². The molecule has 9 heteroatoms. The van der Waals surface area contributed by atoms with Crippen LogP contribution < -0.4 is 16.0 Å². The first-order valence-electron chi connectivity index (χ1n) is 9.26. The van der Waals surface area contributed by atoms with Crippen LogP contribution in [0, 0.1) is 6.92 Å². The maximum atomic E-state index is 12.0. The predicted octanol–water partition coefficient (Wildman–Crippen LogP) is 3.31. The van der Waals surface area contributed by atoms with Crippen molar-refractivity contribution >= 4 is 40.9 Å². The largest absolute Gasteiger partial charge is 0.386 e. The van der Waals surface area contributed by atoms with E-state index in [0.29, 0.717) is 40.5 Å². The standard InChI is InChI=1S/C20H25Cl2N5O2/c1-3-23-20(26-12-17(28)14-8-15(21)10-16(22)9-14)24-7-6-19(29)27-18-5-4-13(2)11-25-18/h4-5,8-11,17,28H,3,6-7,12H2,1-2H3,(H2,23,24,26)(H,25,27,29). The fourth-order valence-electron chi connectivity index (χ4n) is 2.43. The molecular weight excluding hydrogens is 413 g/mol. The fraction of sp³-hybridized carbons (Fsp3) is 0.350. The first-order chi connectivity index (χ1) is 13.9. The summed E-state index contributed by atoms with van der Waals surface area (Å²) in [5, 5.41) is 20.1. The van der Waals surface area contributed by atoms with Crippen LogP contribution in [0.3, 0.4) is 0 Å². The highest BCUT2D eigenvalue weighted by Gasteiger charge is 2.10. The van der Waals surface area contributed by atoms with Crippen molar-refractivity contribution in [2.75, 3.05) is 25.0 Å². The number of rotatable bonds is 8. The molecule has 0 fully saturated rings. The third-order valence-electron chi connectivity index (χ3n) is 3.86. The van der Waals surface area contributed by atoms with E-state index in [0.717, 1.165) is 5.56 Å². The van der Waals surface area contributed by atoms with Crippen LogP contribution in [0.5, 0.6) is 0 Å². The lowest BCUT2D eigenvalue weighted by Gasteiger charge is -2.14. The number of amides is 1. The van der Waals surface area contributed by atoms with Gasteiger partial charge in [-0.05, 0) is 49.2 Å². The van der Waals surface area contributed by atoms with Crippen LogP contribution in [0.1, 0.15) is 30.6 Å². The van der Waals surface area contributed by atoms with Crippen molar-refractivity contribution in [2.45, 2.75) is 26.4 Å². The normalized spacial score (nSPS) is 12.4. The Hall–Kier alpha value is -2.35. The Morgan fingerprint density at radius 3 is 2.55 bits per heavy atom. The molecule has 1 aromatic heterocycles. The van der Waals surface area contributed by atoms with Crippen molar-refractivity contribution < 1.29 is 9.90 Å². The quantitative estimate of drug-likeness (QED) is 0.375. The van der Waals surface area contributed by atoms with E-state index in [1.807, 2.05) is 19.9 Å². The van der Waals surface area contributed by atoms with E-state index in [1.165, 1.54) is 0 Å². The summed E-state index contributed by atoms with van der Waals surface area (Å²) in [4.78, 5) is 20.5. The fourth-order valence-corrected chi connectivity index (χ4v) is 2.98. The van der Waals surface area contributed by atoms with Crippen LogP contribution >= 0.6 is 23.2 Å². The van der Waals surface area contributed by atoms with Gasteiger partial charge in [0, 0.05) is 35.8 Å². The number of carbonyl (C=O) groups excluding carboxylic acids is 1. The minimum atomic E-state index is -0.849. The molecule has 0 radical (unpaired) electrons. The molecule has 1 amide bonds. The Balaban J connectivity index is 1.85. The number of aryl methyl sites for hydroxylation is 1. The van der Waals surface area contributed by atoms with Crippen molar-refractivity contribution in [3.8, 4) is 0 Å². The van der Waals surface area contributed by atoms with Crippen molar-refractivity contribution in [2.24, 2.45) is 4.99 Å². The van der Waals surface area contributed by atoms with Gasteiger partial charge in [-0.2, -0.15) is 0 Å². The number of carbonyl (C=O) groups is 1. The third kappa shape index (κ3) is 8.27. The molecule has 0 aliphatic rings. The molecule has 29 heavy (non-hydrogen) atoms. The number of benzene rings is 1. The predicted molar refractivity (Wildman–Crippen MR) is 118 cm³/mol. The smallest absolute Gasteiger partial charge is 0.227 e. The number of pyridine rings is 1. The molecule has 0 aliphatic carbocycles. The maximum absolute atomic E-state index is 12.0. The lowest BCUT2D eigenvalue weighted by atomic mass is 10.1. The Kier molecular flexibility index (Phi) is 9.18. The van der Waals surface area contributed by atoms with E-state index in [2.05, 4.69) is 25.9 Å². The number of nitrogens with one attached hydrogen (secondary N) is 3. The number of aromatic nitrogens is 1. The van der Waals surface area contributed by atoms with Crippen LogP contribution in [0.4, 0.5) is 5.82 Å². The van der Waals surface area contributed by atoms with Gasteiger partial charge in [0.2, 0.25) is 5.91 Å². The molecule has 1 heterocycles. The molecule has 4 N–H and O–H groups in total. The van der Waals surface area contributed by atoms with Gasteiger partial charge in [0.1, 0.15) is 5.82 Å². The average Bonchev–Trinajstić information content (AvgIpc) is 2.67. The minimum absolute atomic E-state index is 0.117. The molecule has 1 aromatic carbocycles. The lowest BCUT2D eigenvalue weighted by molar-refractivity contribution is -0.116. The summed E-state index contributed by atoms with van der Waals surface area (Å²) in [6, 6.07) is 8.55. The van der Waals surface area contributed by atoms with Crippen LogP contribution in [0.25, 0.3) is 0 Å². The summed E-state index contributed by atoms with van der Waals surface area (Å²) in [6.07, 6.45) is 1.09. The van der Waals surface area contributed by atoms with E-state index in [4.69, 9.17) is 23.2 Å². The minimum Gasteiger partial charge on any atom is -0.386 e. The van der Waals surface area contributed by atoms with Crippen molar-refractivity contribution in [1.82, 2.24) is 15.6 Å². The molecule has 7 nitrogen and oxygen atoms in total. The van der Waals surface area contributed by atoms with Crippen LogP contribution in [0.2, 0.25) is 10.0 Å². The highest BCUT2D eigenvalue weighted by Crippen LogP contribution is 2.23. The number of hydrogen-bond acceptors (Lipinski definition) is 4. The Bertz CT molecular complexity index is 823. The maximum Gasteiger partial charge on any atom is 0.227 e. The zero-order valence-electron chi connectivity index (χ0n) is 16.4. The van der Waals surface area contributed by atoms with Gasteiger partial charge in [-0.25, -0.2) is 4.98 Å². The molecule has 1 unspecified atom stereocenters. The number of aliphatic imine (C=N–C) groups is 1. The van der Waals surface area contributed by atoms with Crippen molar-refractivity contribution in [1.29, 1.82) is 0 Å². The summed E-state index contributed by atoms with van der Waals surface area (Å²) >= 11 is 11.9. The number of guanidine groups is 1. The summed E-state index contributed by atoms with van der Waals surface area (Å²) in [5.74, 6) is 0.865. The number of aliphatic hydroxyl groups is 1. The summed E-state index contributed by atoms with van der Waals surface area (Å²) in [5.41, 5.74) is 1.62. The zero-order valence-corrected chi connectivity index (χ0v) is 17.9. The number of nitrogens with zero attached hydrogens (tertiary/aromatic N) is 2. The molecule has 156 valence electrons. The van der Waals surface area contributed by atoms with Gasteiger partial charge >= 0.3 is 0 Å². The highest BCUT2D eigenvalue weighted by atomic mass is 35.5. The molecule has 0 aliphatic heterocycles. The van der Waals surface area contributed by atoms with E-state index in [9.17, 15) is 9.90 Å². The molecule has 0 spiro atoms. The molecule has 0 saturated carbocycles. The number of anilines is 1. The summed E-state index contributed by atoms with van der Waals surface area (Å²) in [7, 11) is 0. The van der Waals surface area contributed by atoms with Gasteiger partial charge in [-0.1, -0.05) is 29.3 Å². The summed E-state index contributed by atoms with van der Waals surface area (Å²) < 4.78 is 0. The monoisotopic (exact) mass is 437 g/mol. The Labute approximate surface area is 180 Å². The van der Waals surface area contributed by atoms with Crippen LogP contribution in [-0.2, 0) is 4.79 Å². The molecule has 0 saturated heterocycles. The van der Waals surface area contributed by atoms with Gasteiger partial charge < -0.3 is 21.1 Å². The second-order valence-corrected chi connectivity index (χ2v) is 7.26. The number of aliphatic hydroxyl groups excluding tert-OH is 1. The van der Waals surface area contributed by atoms with Gasteiger partial charge in [0.05, 0.1) is 12.6 Å².